The van der Waals surface area contributed by atoms with Crippen molar-refractivity contribution in [3.63, 3.8) is 0 Å². The first-order valence-electron chi connectivity index (χ1n) is 7.29. The summed E-state index contributed by atoms with van der Waals surface area (Å²) in [5.74, 6) is 0. The lowest BCUT2D eigenvalue weighted by atomic mass is 10.3. The maximum Gasteiger partial charge on any atom is 0.328 e. The third-order valence-corrected chi connectivity index (χ3v) is 5.53. The Morgan fingerprint density at radius 2 is 1.67 bits per heavy atom. The van der Waals surface area contributed by atoms with Crippen LogP contribution < -0.4 is 10.4 Å². The normalized spacial score (nSPS) is 11.9. The van der Waals surface area contributed by atoms with Crippen molar-refractivity contribution in [1.82, 2.24) is 13.9 Å². The van der Waals surface area contributed by atoms with E-state index in [-0.39, 0.29) is 23.7 Å². The summed E-state index contributed by atoms with van der Waals surface area (Å²) in [6.07, 6.45) is 0. The number of aromatic nitrogens is 2. The lowest BCUT2D eigenvalue weighted by Crippen LogP contribution is -2.31. The Labute approximate surface area is 144 Å². The average molecular weight is 366 g/mol. The third-order valence-electron chi connectivity index (χ3n) is 3.80. The van der Waals surface area contributed by atoms with E-state index in [9.17, 15) is 13.2 Å². The molecule has 0 aliphatic rings. The summed E-state index contributed by atoms with van der Waals surface area (Å²) in [6.45, 7) is 0.353. The fourth-order valence-corrected chi connectivity index (χ4v) is 3.72. The first-order valence-corrected chi connectivity index (χ1v) is 9.16. The van der Waals surface area contributed by atoms with E-state index in [0.29, 0.717) is 5.02 Å². The Balaban J connectivity index is 1.79. The van der Waals surface area contributed by atoms with E-state index in [2.05, 4.69) is 4.72 Å². The van der Waals surface area contributed by atoms with Crippen LogP contribution in [-0.2, 0) is 23.6 Å². The first kappa shape index (κ1) is 16.8. The van der Waals surface area contributed by atoms with Crippen molar-refractivity contribution in [3.05, 3.63) is 64.0 Å². The van der Waals surface area contributed by atoms with Crippen LogP contribution >= 0.6 is 11.6 Å². The van der Waals surface area contributed by atoms with Crippen LogP contribution in [0, 0.1) is 0 Å². The van der Waals surface area contributed by atoms with Crippen LogP contribution in [0.15, 0.2) is 58.2 Å². The molecule has 0 spiro atoms. The molecular formula is C16H16ClN3O3S. The molecule has 0 saturated heterocycles. The topological polar surface area (TPSA) is 73.1 Å². The summed E-state index contributed by atoms with van der Waals surface area (Å²) in [4.78, 5) is 12.4. The summed E-state index contributed by atoms with van der Waals surface area (Å²) < 4.78 is 30.1. The Morgan fingerprint density at radius 1 is 1.04 bits per heavy atom. The van der Waals surface area contributed by atoms with Gasteiger partial charge in [0.2, 0.25) is 10.0 Å². The molecule has 24 heavy (non-hydrogen) atoms. The highest BCUT2D eigenvalue weighted by molar-refractivity contribution is 7.89. The maximum absolute atomic E-state index is 12.3. The summed E-state index contributed by atoms with van der Waals surface area (Å²) in [5, 5.41) is 0.469. The van der Waals surface area contributed by atoms with Crippen LogP contribution in [0.2, 0.25) is 5.02 Å². The molecule has 8 heteroatoms. The maximum atomic E-state index is 12.3. The number of benzene rings is 2. The molecule has 126 valence electrons. The van der Waals surface area contributed by atoms with Gasteiger partial charge in [-0.3, -0.25) is 9.13 Å². The minimum absolute atomic E-state index is 0.110. The Bertz CT molecular complexity index is 1040. The summed E-state index contributed by atoms with van der Waals surface area (Å²) >= 11 is 5.77. The number of imidazole rings is 1. The second kappa shape index (κ2) is 6.43. The molecule has 0 aliphatic carbocycles. The fraction of sp³-hybridized carbons (Fsp3) is 0.188. The summed E-state index contributed by atoms with van der Waals surface area (Å²) in [5.41, 5.74) is 1.40. The highest BCUT2D eigenvalue weighted by atomic mass is 35.5. The van der Waals surface area contributed by atoms with Crippen molar-refractivity contribution in [2.75, 3.05) is 6.54 Å². The van der Waals surface area contributed by atoms with Gasteiger partial charge < -0.3 is 0 Å². The average Bonchev–Trinajstić information content (AvgIpc) is 2.80. The molecule has 0 unspecified atom stereocenters. The second-order valence-corrected chi connectivity index (χ2v) is 7.54. The highest BCUT2D eigenvalue weighted by Gasteiger charge is 2.14. The number of hydrogen-bond acceptors (Lipinski definition) is 3. The lowest BCUT2D eigenvalue weighted by molar-refractivity contribution is 0.571. The summed E-state index contributed by atoms with van der Waals surface area (Å²) in [6, 6.07) is 13.3. The molecule has 0 aliphatic heterocycles. The molecule has 1 heterocycles. The molecule has 0 amide bonds. The van der Waals surface area contributed by atoms with Crippen molar-refractivity contribution < 1.29 is 8.42 Å². The van der Waals surface area contributed by atoms with Gasteiger partial charge in [0.05, 0.1) is 15.9 Å². The lowest BCUT2D eigenvalue weighted by Gasteiger charge is -2.07. The molecule has 6 nitrogen and oxygen atoms in total. The molecule has 0 bridgehead atoms. The van der Waals surface area contributed by atoms with Crippen molar-refractivity contribution in [3.8, 4) is 0 Å². The van der Waals surface area contributed by atoms with Crippen LogP contribution in [-0.4, -0.2) is 24.1 Å². The Morgan fingerprint density at radius 3 is 2.33 bits per heavy atom. The molecule has 1 N–H and O–H groups in total. The third kappa shape index (κ3) is 3.10. The van der Waals surface area contributed by atoms with Gasteiger partial charge in [-0.2, -0.15) is 0 Å². The molecular weight excluding hydrogens is 350 g/mol. The quantitative estimate of drug-likeness (QED) is 0.751. The number of hydrogen-bond donors (Lipinski definition) is 1. The van der Waals surface area contributed by atoms with Gasteiger partial charge in [0.25, 0.3) is 0 Å². The molecule has 2 aromatic carbocycles. The monoisotopic (exact) mass is 365 g/mol. The molecule has 0 saturated carbocycles. The van der Waals surface area contributed by atoms with Gasteiger partial charge in [0, 0.05) is 25.2 Å². The number of halogens is 1. The zero-order chi connectivity index (χ0) is 17.3. The standard InChI is InChI=1S/C16H16ClN3O3S/c1-19-14-4-2-3-5-15(14)20(16(19)21)11-10-18-24(22,23)13-8-6-12(17)7-9-13/h2-9,18H,10-11H2,1H3. The van der Waals surface area contributed by atoms with E-state index < -0.39 is 10.0 Å². The molecule has 3 rings (SSSR count). The van der Waals surface area contributed by atoms with Gasteiger partial charge in [0.15, 0.2) is 0 Å². The predicted molar refractivity (Wildman–Crippen MR) is 93.8 cm³/mol. The first-order chi connectivity index (χ1) is 11.4. The van der Waals surface area contributed by atoms with Crippen LogP contribution in [0.1, 0.15) is 0 Å². The van der Waals surface area contributed by atoms with Gasteiger partial charge in [-0.1, -0.05) is 23.7 Å². The van der Waals surface area contributed by atoms with E-state index in [4.69, 9.17) is 11.6 Å². The van der Waals surface area contributed by atoms with Crippen LogP contribution in [0.5, 0.6) is 0 Å². The minimum Gasteiger partial charge on any atom is -0.295 e. The van der Waals surface area contributed by atoms with Crippen molar-refractivity contribution in [1.29, 1.82) is 0 Å². The van der Waals surface area contributed by atoms with Gasteiger partial charge in [0.1, 0.15) is 0 Å². The van der Waals surface area contributed by atoms with Gasteiger partial charge >= 0.3 is 5.69 Å². The van der Waals surface area contributed by atoms with Gasteiger partial charge in [-0.25, -0.2) is 17.9 Å². The number of nitrogens with one attached hydrogen (secondary N) is 1. The van der Waals surface area contributed by atoms with Gasteiger partial charge in [-0.15, -0.1) is 0 Å². The zero-order valence-electron chi connectivity index (χ0n) is 12.9. The zero-order valence-corrected chi connectivity index (χ0v) is 14.5. The van der Waals surface area contributed by atoms with E-state index >= 15 is 0 Å². The largest absolute Gasteiger partial charge is 0.328 e. The van der Waals surface area contributed by atoms with Gasteiger partial charge in [-0.05, 0) is 36.4 Å². The molecule has 1 aromatic heterocycles. The summed E-state index contributed by atoms with van der Waals surface area (Å²) in [7, 11) is -1.94. The van der Waals surface area contributed by atoms with Crippen molar-refractivity contribution in [2.24, 2.45) is 7.05 Å². The number of rotatable bonds is 5. The Hall–Kier alpha value is -2.09. The minimum atomic E-state index is -3.64. The van der Waals surface area contributed by atoms with Crippen LogP contribution in [0.3, 0.4) is 0 Å². The number of fused-ring (bicyclic) bond motifs is 1. The predicted octanol–water partition coefficient (Wildman–Crippen LogP) is 1.97. The fourth-order valence-electron chi connectivity index (χ4n) is 2.57. The van der Waals surface area contributed by atoms with Crippen LogP contribution in [0.25, 0.3) is 11.0 Å². The number of nitrogens with zero attached hydrogens (tertiary/aromatic N) is 2. The molecule has 0 fully saturated rings. The van der Waals surface area contributed by atoms with Crippen LogP contribution in [0.4, 0.5) is 0 Å². The number of aryl methyl sites for hydroxylation is 1. The number of sulfonamides is 1. The van der Waals surface area contributed by atoms with Crippen molar-refractivity contribution in [2.45, 2.75) is 11.4 Å². The van der Waals surface area contributed by atoms with Crippen molar-refractivity contribution >= 4 is 32.7 Å². The van der Waals surface area contributed by atoms with E-state index in [1.54, 1.807) is 16.2 Å². The molecule has 3 aromatic rings. The molecule has 0 atom stereocenters. The van der Waals surface area contributed by atoms with E-state index in [1.165, 1.54) is 24.3 Å². The second-order valence-electron chi connectivity index (χ2n) is 5.33. The smallest absolute Gasteiger partial charge is 0.295 e. The number of para-hydroxylation sites is 2. The SMILES string of the molecule is Cn1c(=O)n(CCNS(=O)(=O)c2ccc(Cl)cc2)c2ccccc21. The van der Waals surface area contributed by atoms with E-state index in [1.807, 2.05) is 24.3 Å². The molecule has 0 radical (unpaired) electrons. The highest BCUT2D eigenvalue weighted by Crippen LogP contribution is 2.14. The van der Waals surface area contributed by atoms with E-state index in [0.717, 1.165) is 11.0 Å². The Kier molecular flexibility index (Phi) is 4.49.